The normalized spacial score (nSPS) is 19.3. The number of piperazine rings is 1. The van der Waals surface area contributed by atoms with Crippen LogP contribution in [0.3, 0.4) is 0 Å². The number of hydrogen-bond donors (Lipinski definition) is 0. The summed E-state index contributed by atoms with van der Waals surface area (Å²) < 4.78 is 10.6. The number of rotatable bonds is 2. The van der Waals surface area contributed by atoms with Gasteiger partial charge in [-0.1, -0.05) is 0 Å². The van der Waals surface area contributed by atoms with Gasteiger partial charge < -0.3 is 24.2 Å². The van der Waals surface area contributed by atoms with Gasteiger partial charge in [-0.25, -0.2) is 0 Å². The summed E-state index contributed by atoms with van der Waals surface area (Å²) in [5.41, 5.74) is 0.537. The van der Waals surface area contributed by atoms with Gasteiger partial charge in [-0.05, 0) is 18.2 Å². The van der Waals surface area contributed by atoms with Crippen molar-refractivity contribution in [3.05, 3.63) is 23.8 Å². The third kappa shape index (κ3) is 2.95. The molecule has 138 valence electrons. The summed E-state index contributed by atoms with van der Waals surface area (Å²) in [6, 6.07) is 5.12. The molecule has 0 radical (unpaired) electrons. The Hall–Kier alpha value is -2.77. The van der Waals surface area contributed by atoms with Crippen molar-refractivity contribution in [3.63, 3.8) is 0 Å². The van der Waals surface area contributed by atoms with Crippen LogP contribution in [0.15, 0.2) is 18.2 Å². The molecule has 0 atom stereocenters. The molecule has 3 aliphatic heterocycles. The van der Waals surface area contributed by atoms with Crippen LogP contribution in [-0.4, -0.2) is 78.5 Å². The van der Waals surface area contributed by atoms with Crippen LogP contribution < -0.4 is 9.47 Å². The molecule has 3 aliphatic rings. The Balaban J connectivity index is 1.30. The third-order valence-corrected chi connectivity index (χ3v) is 5.17. The van der Waals surface area contributed by atoms with Crippen LogP contribution >= 0.6 is 0 Å². The third-order valence-electron chi connectivity index (χ3n) is 5.17. The summed E-state index contributed by atoms with van der Waals surface area (Å²) in [4.78, 5) is 41.7. The van der Waals surface area contributed by atoms with E-state index in [-0.39, 0.29) is 30.4 Å². The van der Waals surface area contributed by atoms with Crippen LogP contribution in [0.4, 0.5) is 0 Å². The lowest BCUT2D eigenvalue weighted by Crippen LogP contribution is -2.59. The van der Waals surface area contributed by atoms with E-state index in [0.717, 1.165) is 0 Å². The molecule has 0 bridgehead atoms. The number of benzene rings is 1. The van der Waals surface area contributed by atoms with Gasteiger partial charge in [-0.3, -0.25) is 14.4 Å². The minimum Gasteiger partial charge on any atom is -0.454 e. The lowest BCUT2D eigenvalue weighted by molar-refractivity contribution is -0.144. The molecule has 3 amide bonds. The second-order valence-corrected chi connectivity index (χ2v) is 6.81. The maximum absolute atomic E-state index is 12.6. The van der Waals surface area contributed by atoms with Crippen molar-refractivity contribution in [3.8, 4) is 11.5 Å². The number of ether oxygens (including phenoxy) is 2. The van der Waals surface area contributed by atoms with Crippen LogP contribution in [0, 0.1) is 5.92 Å². The largest absolute Gasteiger partial charge is 0.454 e. The monoisotopic (exact) mass is 359 g/mol. The Morgan fingerprint density at radius 2 is 1.58 bits per heavy atom. The lowest BCUT2D eigenvalue weighted by Gasteiger charge is -2.42. The van der Waals surface area contributed by atoms with Gasteiger partial charge in [0, 0.05) is 51.8 Å². The van der Waals surface area contributed by atoms with Crippen molar-refractivity contribution in [1.82, 2.24) is 14.7 Å². The minimum absolute atomic E-state index is 0.0428. The first kappa shape index (κ1) is 16.7. The molecule has 26 heavy (non-hydrogen) atoms. The van der Waals surface area contributed by atoms with Crippen molar-refractivity contribution in [2.45, 2.75) is 6.92 Å². The van der Waals surface area contributed by atoms with E-state index in [9.17, 15) is 14.4 Å². The van der Waals surface area contributed by atoms with Crippen molar-refractivity contribution in [1.29, 1.82) is 0 Å². The molecule has 2 saturated heterocycles. The molecule has 8 heteroatoms. The first-order valence-corrected chi connectivity index (χ1v) is 8.76. The average molecular weight is 359 g/mol. The zero-order chi connectivity index (χ0) is 18.3. The van der Waals surface area contributed by atoms with E-state index in [2.05, 4.69) is 0 Å². The molecule has 0 unspecified atom stereocenters. The van der Waals surface area contributed by atoms with E-state index in [0.29, 0.717) is 56.3 Å². The molecular weight excluding hydrogens is 338 g/mol. The van der Waals surface area contributed by atoms with E-state index in [1.165, 1.54) is 0 Å². The smallest absolute Gasteiger partial charge is 0.254 e. The molecule has 3 heterocycles. The van der Waals surface area contributed by atoms with Gasteiger partial charge in [0.15, 0.2) is 11.5 Å². The van der Waals surface area contributed by atoms with Crippen LogP contribution in [0.2, 0.25) is 0 Å². The van der Waals surface area contributed by atoms with Crippen LogP contribution in [0.25, 0.3) is 0 Å². The molecule has 0 spiro atoms. The summed E-state index contributed by atoms with van der Waals surface area (Å²) in [6.07, 6.45) is 0. The van der Waals surface area contributed by atoms with Gasteiger partial charge in [0.2, 0.25) is 18.6 Å². The zero-order valence-corrected chi connectivity index (χ0v) is 14.6. The van der Waals surface area contributed by atoms with Crippen LogP contribution in [-0.2, 0) is 9.59 Å². The summed E-state index contributed by atoms with van der Waals surface area (Å²) in [7, 11) is 0. The molecule has 1 aromatic rings. The first-order valence-electron chi connectivity index (χ1n) is 8.76. The number of fused-ring (bicyclic) bond motifs is 1. The highest BCUT2D eigenvalue weighted by atomic mass is 16.7. The van der Waals surface area contributed by atoms with Crippen LogP contribution in [0.1, 0.15) is 17.3 Å². The average Bonchev–Trinajstić information content (AvgIpc) is 3.08. The highest BCUT2D eigenvalue weighted by Gasteiger charge is 2.39. The Kier molecular flexibility index (Phi) is 4.18. The molecule has 2 fully saturated rings. The number of nitrogens with zero attached hydrogens (tertiary/aromatic N) is 3. The van der Waals surface area contributed by atoms with E-state index >= 15 is 0 Å². The first-order chi connectivity index (χ1) is 12.5. The summed E-state index contributed by atoms with van der Waals surface area (Å²) in [5, 5.41) is 0. The molecule has 1 aromatic carbocycles. The molecule has 0 aromatic heterocycles. The molecular formula is C18H21N3O5. The molecule has 0 N–H and O–H groups in total. The molecule has 0 saturated carbocycles. The maximum atomic E-state index is 12.6. The van der Waals surface area contributed by atoms with Gasteiger partial charge in [0.05, 0.1) is 5.92 Å². The van der Waals surface area contributed by atoms with Gasteiger partial charge in [0.25, 0.3) is 5.91 Å². The van der Waals surface area contributed by atoms with Gasteiger partial charge in [0.1, 0.15) is 0 Å². The lowest BCUT2D eigenvalue weighted by atomic mass is 9.96. The Morgan fingerprint density at radius 3 is 2.27 bits per heavy atom. The highest BCUT2D eigenvalue weighted by molar-refractivity contribution is 5.96. The number of carbonyl (C=O) groups is 3. The molecule has 0 aliphatic carbocycles. The summed E-state index contributed by atoms with van der Waals surface area (Å²) in [6.45, 7) is 4.85. The van der Waals surface area contributed by atoms with E-state index in [1.807, 2.05) is 0 Å². The number of carbonyl (C=O) groups excluding carboxylic acids is 3. The Labute approximate surface area is 151 Å². The number of hydrogen-bond acceptors (Lipinski definition) is 5. The second kappa shape index (κ2) is 6.51. The van der Waals surface area contributed by atoms with E-state index in [1.54, 1.807) is 39.8 Å². The Morgan fingerprint density at radius 1 is 0.923 bits per heavy atom. The summed E-state index contributed by atoms with van der Waals surface area (Å²) in [5.74, 6) is 1.07. The Bertz CT molecular complexity index is 751. The zero-order valence-electron chi connectivity index (χ0n) is 14.6. The molecule has 4 rings (SSSR count). The van der Waals surface area contributed by atoms with Crippen molar-refractivity contribution in [2.24, 2.45) is 5.92 Å². The predicted octanol–water partition coefficient (Wildman–Crippen LogP) is 0.178. The quantitative estimate of drug-likeness (QED) is 0.753. The van der Waals surface area contributed by atoms with Gasteiger partial charge in [-0.2, -0.15) is 0 Å². The fourth-order valence-electron chi connectivity index (χ4n) is 3.51. The highest BCUT2D eigenvalue weighted by Crippen LogP contribution is 2.33. The van der Waals surface area contributed by atoms with E-state index in [4.69, 9.17) is 9.47 Å². The van der Waals surface area contributed by atoms with Crippen molar-refractivity contribution >= 4 is 17.7 Å². The van der Waals surface area contributed by atoms with Gasteiger partial charge >= 0.3 is 0 Å². The predicted molar refractivity (Wildman–Crippen MR) is 90.8 cm³/mol. The van der Waals surface area contributed by atoms with Crippen molar-refractivity contribution < 1.29 is 23.9 Å². The molecule has 8 nitrogen and oxygen atoms in total. The fourth-order valence-corrected chi connectivity index (χ4v) is 3.51. The minimum atomic E-state index is -0.156. The summed E-state index contributed by atoms with van der Waals surface area (Å²) >= 11 is 0. The maximum Gasteiger partial charge on any atom is 0.254 e. The topological polar surface area (TPSA) is 79.4 Å². The number of amides is 3. The second-order valence-electron chi connectivity index (χ2n) is 6.81. The fraction of sp³-hybridized carbons (Fsp3) is 0.500. The number of likely N-dealkylation sites (tertiary alicyclic amines) is 1. The van der Waals surface area contributed by atoms with E-state index < -0.39 is 0 Å². The van der Waals surface area contributed by atoms with Crippen LogP contribution in [0.5, 0.6) is 11.5 Å². The SMILES string of the molecule is CC(=O)N1CCN(C(=O)C2CN(C(=O)c3ccc4c(c3)OCO4)C2)CC1. The van der Waals surface area contributed by atoms with Gasteiger partial charge in [-0.15, -0.1) is 0 Å². The van der Waals surface area contributed by atoms with Crippen molar-refractivity contribution in [2.75, 3.05) is 46.1 Å². The standard InChI is InChI=1S/C18H21N3O5/c1-12(22)19-4-6-20(7-5-19)18(24)14-9-21(10-14)17(23)13-2-3-15-16(8-13)26-11-25-15/h2-3,8,14H,4-7,9-11H2,1H3.